The molecule has 33 heavy (non-hydrogen) atoms. The number of anilines is 2. The largest absolute Gasteiger partial charge is 0.494 e. The number of carbonyl (C=O) groups excluding carboxylic acids is 1. The summed E-state index contributed by atoms with van der Waals surface area (Å²) in [5.41, 5.74) is 0.925. The number of halogens is 3. The Kier molecular flexibility index (Phi) is 5.77. The SMILES string of the molecule is CCCCn1cc2c(c1O)[C@@H](c1ccc(C#N)cc1)NC(=O)N2c1cccc(C(F)(F)F)c1. The molecule has 0 aliphatic carbocycles. The highest BCUT2D eigenvalue weighted by atomic mass is 19.4. The molecule has 0 saturated heterocycles. The minimum absolute atomic E-state index is 0.0366. The minimum Gasteiger partial charge on any atom is -0.494 e. The van der Waals surface area contributed by atoms with Crippen molar-refractivity contribution < 1.29 is 23.1 Å². The quantitative estimate of drug-likeness (QED) is 0.509. The normalized spacial score (nSPS) is 15.7. The molecule has 3 aromatic rings. The fourth-order valence-corrected chi connectivity index (χ4v) is 3.95. The number of amides is 2. The molecule has 1 aliphatic heterocycles. The highest BCUT2D eigenvalue weighted by Crippen LogP contribution is 2.45. The number of unbranched alkanes of at least 4 members (excludes halogenated alkanes) is 1. The zero-order chi connectivity index (χ0) is 23.8. The number of nitriles is 1. The summed E-state index contributed by atoms with van der Waals surface area (Å²) < 4.78 is 41.5. The average molecular weight is 454 g/mol. The fourth-order valence-electron chi connectivity index (χ4n) is 3.95. The van der Waals surface area contributed by atoms with Crippen molar-refractivity contribution in [1.82, 2.24) is 9.88 Å². The maximum absolute atomic E-state index is 13.3. The summed E-state index contributed by atoms with van der Waals surface area (Å²) in [4.78, 5) is 14.3. The summed E-state index contributed by atoms with van der Waals surface area (Å²) in [5.74, 6) is -0.0650. The Morgan fingerprint density at radius 2 is 1.91 bits per heavy atom. The molecular formula is C24H21F3N4O2. The number of fused-ring (bicyclic) bond motifs is 1. The molecule has 2 N–H and O–H groups in total. The predicted molar refractivity (Wildman–Crippen MR) is 116 cm³/mol. The van der Waals surface area contributed by atoms with Gasteiger partial charge in [0.15, 0.2) is 5.88 Å². The second kappa shape index (κ2) is 8.54. The van der Waals surface area contributed by atoms with Crippen molar-refractivity contribution in [2.24, 2.45) is 0 Å². The maximum atomic E-state index is 13.3. The van der Waals surface area contributed by atoms with Crippen LogP contribution in [0.1, 0.15) is 48.1 Å². The molecule has 0 spiro atoms. The van der Waals surface area contributed by atoms with Gasteiger partial charge >= 0.3 is 12.2 Å². The standard InChI is InChI=1S/C24H21F3N4O2/c1-2-3-11-30-14-19-20(22(30)32)21(16-9-7-15(13-28)8-10-16)29-23(33)31(19)18-6-4-5-17(12-18)24(25,26)27/h4-10,12,14,21,32H,2-3,11H2,1H3,(H,29,33)/t21-/m1/s1. The van der Waals surface area contributed by atoms with E-state index in [1.165, 1.54) is 12.1 Å². The number of urea groups is 1. The maximum Gasteiger partial charge on any atom is 0.416 e. The van der Waals surface area contributed by atoms with Crippen LogP contribution in [0.25, 0.3) is 0 Å². The summed E-state index contributed by atoms with van der Waals surface area (Å²) in [6, 6.07) is 11.7. The van der Waals surface area contributed by atoms with E-state index < -0.39 is 23.8 Å². The van der Waals surface area contributed by atoms with E-state index >= 15 is 0 Å². The third-order valence-corrected chi connectivity index (χ3v) is 5.62. The molecular weight excluding hydrogens is 433 g/mol. The van der Waals surface area contributed by atoms with Gasteiger partial charge in [-0.15, -0.1) is 0 Å². The molecule has 2 heterocycles. The first-order valence-corrected chi connectivity index (χ1v) is 10.4. The van der Waals surface area contributed by atoms with Crippen LogP contribution >= 0.6 is 0 Å². The van der Waals surface area contributed by atoms with Gasteiger partial charge in [-0.1, -0.05) is 31.5 Å². The van der Waals surface area contributed by atoms with Gasteiger partial charge in [-0.3, -0.25) is 4.90 Å². The fraction of sp³-hybridized carbons (Fsp3) is 0.250. The predicted octanol–water partition coefficient (Wildman–Crippen LogP) is 5.83. The van der Waals surface area contributed by atoms with Crippen LogP contribution in [0.3, 0.4) is 0 Å². The molecule has 1 aliphatic rings. The van der Waals surface area contributed by atoms with Gasteiger partial charge in [0.25, 0.3) is 0 Å². The van der Waals surface area contributed by atoms with E-state index in [4.69, 9.17) is 5.26 Å². The number of aromatic hydroxyl groups is 1. The number of aromatic nitrogens is 1. The topological polar surface area (TPSA) is 81.3 Å². The molecule has 0 saturated carbocycles. The monoisotopic (exact) mass is 454 g/mol. The zero-order valence-electron chi connectivity index (χ0n) is 17.7. The number of alkyl halides is 3. The lowest BCUT2D eigenvalue weighted by Crippen LogP contribution is -2.44. The van der Waals surface area contributed by atoms with Crippen LogP contribution < -0.4 is 10.2 Å². The van der Waals surface area contributed by atoms with Gasteiger partial charge in [0.2, 0.25) is 0 Å². The summed E-state index contributed by atoms with van der Waals surface area (Å²) in [6.07, 6.45) is -1.33. The van der Waals surface area contributed by atoms with Crippen LogP contribution in [0.2, 0.25) is 0 Å². The summed E-state index contributed by atoms with van der Waals surface area (Å²) in [7, 11) is 0. The van der Waals surface area contributed by atoms with Crippen molar-refractivity contribution in [3.63, 3.8) is 0 Å². The van der Waals surface area contributed by atoms with Gasteiger partial charge < -0.3 is 15.0 Å². The summed E-state index contributed by atoms with van der Waals surface area (Å²) in [6.45, 7) is 2.49. The molecule has 2 aromatic carbocycles. The highest BCUT2D eigenvalue weighted by Gasteiger charge is 2.38. The van der Waals surface area contributed by atoms with Crippen LogP contribution in [-0.4, -0.2) is 15.7 Å². The van der Waals surface area contributed by atoms with Gasteiger partial charge in [0.05, 0.1) is 40.2 Å². The van der Waals surface area contributed by atoms with Gasteiger partial charge in [0.1, 0.15) is 0 Å². The number of rotatable bonds is 5. The molecule has 2 amide bonds. The number of aryl methyl sites for hydroxylation is 1. The Bertz CT molecular complexity index is 1230. The number of hydrogen-bond acceptors (Lipinski definition) is 3. The van der Waals surface area contributed by atoms with E-state index in [0.29, 0.717) is 28.9 Å². The lowest BCUT2D eigenvalue weighted by atomic mass is 9.96. The van der Waals surface area contributed by atoms with E-state index in [1.807, 2.05) is 13.0 Å². The number of nitrogens with zero attached hydrogens (tertiary/aromatic N) is 3. The molecule has 9 heteroatoms. The molecule has 0 fully saturated rings. The van der Waals surface area contributed by atoms with E-state index in [-0.39, 0.29) is 11.6 Å². The van der Waals surface area contributed by atoms with E-state index in [9.17, 15) is 23.1 Å². The van der Waals surface area contributed by atoms with Crippen LogP contribution in [0.15, 0.2) is 54.7 Å². The molecule has 0 radical (unpaired) electrons. The molecule has 1 aromatic heterocycles. The van der Waals surface area contributed by atoms with Crippen LogP contribution in [0.4, 0.5) is 29.3 Å². The van der Waals surface area contributed by atoms with Crippen molar-refractivity contribution in [1.29, 1.82) is 5.26 Å². The Morgan fingerprint density at radius 1 is 1.18 bits per heavy atom. The summed E-state index contributed by atoms with van der Waals surface area (Å²) >= 11 is 0. The highest BCUT2D eigenvalue weighted by molar-refractivity contribution is 6.03. The number of nitrogens with one attached hydrogen (secondary N) is 1. The van der Waals surface area contributed by atoms with Gasteiger partial charge in [-0.25, -0.2) is 4.79 Å². The van der Waals surface area contributed by atoms with E-state index in [1.54, 1.807) is 35.0 Å². The lowest BCUT2D eigenvalue weighted by Gasteiger charge is -2.33. The third kappa shape index (κ3) is 4.12. The van der Waals surface area contributed by atoms with Crippen LogP contribution in [0.5, 0.6) is 5.88 Å². The van der Waals surface area contributed by atoms with Gasteiger partial charge in [0, 0.05) is 12.7 Å². The van der Waals surface area contributed by atoms with Crippen molar-refractivity contribution in [3.05, 3.63) is 77.0 Å². The van der Waals surface area contributed by atoms with Crippen molar-refractivity contribution >= 4 is 17.4 Å². The van der Waals surface area contributed by atoms with Crippen LogP contribution in [0, 0.1) is 11.3 Å². The van der Waals surface area contributed by atoms with Crippen molar-refractivity contribution in [2.75, 3.05) is 4.90 Å². The Balaban J connectivity index is 1.86. The molecule has 170 valence electrons. The molecule has 0 bridgehead atoms. The first kappa shape index (κ1) is 22.3. The Morgan fingerprint density at radius 3 is 2.55 bits per heavy atom. The molecule has 4 rings (SSSR count). The zero-order valence-corrected chi connectivity index (χ0v) is 17.7. The third-order valence-electron chi connectivity index (χ3n) is 5.62. The minimum atomic E-state index is -4.56. The van der Waals surface area contributed by atoms with Gasteiger partial charge in [-0.05, 0) is 42.3 Å². The van der Waals surface area contributed by atoms with Crippen molar-refractivity contribution in [3.8, 4) is 11.9 Å². The lowest BCUT2D eigenvalue weighted by molar-refractivity contribution is -0.137. The van der Waals surface area contributed by atoms with Crippen LogP contribution in [-0.2, 0) is 12.7 Å². The van der Waals surface area contributed by atoms with E-state index in [0.717, 1.165) is 29.9 Å². The molecule has 0 unspecified atom stereocenters. The Hall–Kier alpha value is -3.93. The first-order valence-electron chi connectivity index (χ1n) is 10.4. The number of hydrogen-bond donors (Lipinski definition) is 2. The second-order valence-corrected chi connectivity index (χ2v) is 7.80. The average Bonchev–Trinajstić information content (AvgIpc) is 3.12. The smallest absolute Gasteiger partial charge is 0.416 e. The number of benzene rings is 2. The molecule has 1 atom stereocenters. The second-order valence-electron chi connectivity index (χ2n) is 7.80. The molecule has 6 nitrogen and oxygen atoms in total. The van der Waals surface area contributed by atoms with E-state index in [2.05, 4.69) is 5.32 Å². The van der Waals surface area contributed by atoms with Gasteiger partial charge in [-0.2, -0.15) is 18.4 Å². The summed E-state index contributed by atoms with van der Waals surface area (Å²) in [5, 5.41) is 22.9. The first-order chi connectivity index (χ1) is 15.7. The Labute approximate surface area is 188 Å². The van der Waals surface area contributed by atoms with Crippen molar-refractivity contribution in [2.45, 2.75) is 38.5 Å². The number of carbonyl (C=O) groups is 1.